The third-order valence-corrected chi connectivity index (χ3v) is 3.53. The Labute approximate surface area is 101 Å². The molecule has 0 saturated heterocycles. The molecule has 94 valence electrons. The van der Waals surface area contributed by atoms with E-state index in [-0.39, 0.29) is 5.91 Å². The van der Waals surface area contributed by atoms with Crippen LogP contribution in [-0.4, -0.2) is 39.6 Å². The highest BCUT2D eigenvalue weighted by Crippen LogP contribution is 2.23. The van der Waals surface area contributed by atoms with E-state index in [2.05, 4.69) is 10.2 Å². The molecule has 17 heavy (non-hydrogen) atoms. The zero-order chi connectivity index (χ0) is 12.3. The van der Waals surface area contributed by atoms with Crippen LogP contribution in [-0.2, 0) is 0 Å². The second-order valence-corrected chi connectivity index (χ2v) is 4.65. The van der Waals surface area contributed by atoms with Crippen LogP contribution >= 0.6 is 0 Å². The van der Waals surface area contributed by atoms with E-state index in [9.17, 15) is 4.79 Å². The Kier molecular flexibility index (Phi) is 3.78. The molecule has 1 saturated carbocycles. The van der Waals surface area contributed by atoms with Gasteiger partial charge in [-0.2, -0.15) is 5.10 Å². The Bertz CT molecular complexity index is 355. The predicted molar refractivity (Wildman–Crippen MR) is 65.5 cm³/mol. The van der Waals surface area contributed by atoms with Crippen LogP contribution in [0.15, 0.2) is 12.4 Å². The maximum Gasteiger partial charge on any atom is 0.257 e. The van der Waals surface area contributed by atoms with Gasteiger partial charge in [-0.1, -0.05) is 0 Å². The standard InChI is InChI=1S/C12H20N4O/c1-2-16(11-5-3-10(13)4-6-11)12(17)9-7-14-15-8-9/h7-8,10-11H,2-6,13H2,1H3,(H,14,15). The molecule has 2 rings (SSSR count). The number of carbonyl (C=O) groups is 1. The van der Waals surface area contributed by atoms with Crippen LogP contribution < -0.4 is 5.73 Å². The number of rotatable bonds is 3. The van der Waals surface area contributed by atoms with Gasteiger partial charge in [-0.3, -0.25) is 9.89 Å². The van der Waals surface area contributed by atoms with Crippen LogP contribution in [0.2, 0.25) is 0 Å². The molecular weight excluding hydrogens is 216 g/mol. The summed E-state index contributed by atoms with van der Waals surface area (Å²) < 4.78 is 0. The van der Waals surface area contributed by atoms with Crippen molar-refractivity contribution in [2.24, 2.45) is 5.73 Å². The lowest BCUT2D eigenvalue weighted by Crippen LogP contribution is -2.44. The smallest absolute Gasteiger partial charge is 0.257 e. The van der Waals surface area contributed by atoms with Gasteiger partial charge in [-0.15, -0.1) is 0 Å². The zero-order valence-electron chi connectivity index (χ0n) is 10.2. The molecule has 0 unspecified atom stereocenters. The van der Waals surface area contributed by atoms with E-state index in [1.807, 2.05) is 11.8 Å². The van der Waals surface area contributed by atoms with E-state index in [1.165, 1.54) is 0 Å². The first-order valence-electron chi connectivity index (χ1n) is 6.27. The van der Waals surface area contributed by atoms with Gasteiger partial charge in [0, 0.05) is 24.8 Å². The number of nitrogens with two attached hydrogens (primary N) is 1. The number of carbonyl (C=O) groups excluding carboxylic acids is 1. The summed E-state index contributed by atoms with van der Waals surface area (Å²) in [7, 11) is 0. The van der Waals surface area contributed by atoms with Crippen LogP contribution in [0.25, 0.3) is 0 Å². The molecule has 1 aromatic heterocycles. The van der Waals surface area contributed by atoms with Gasteiger partial charge >= 0.3 is 0 Å². The fourth-order valence-electron chi connectivity index (χ4n) is 2.51. The first kappa shape index (κ1) is 12.1. The van der Waals surface area contributed by atoms with Crippen molar-refractivity contribution >= 4 is 5.91 Å². The molecule has 1 aliphatic rings. The quantitative estimate of drug-likeness (QED) is 0.826. The molecule has 0 spiro atoms. The maximum atomic E-state index is 12.3. The third-order valence-electron chi connectivity index (χ3n) is 3.53. The summed E-state index contributed by atoms with van der Waals surface area (Å²) in [5.41, 5.74) is 6.53. The molecule has 5 nitrogen and oxygen atoms in total. The van der Waals surface area contributed by atoms with Crippen LogP contribution in [0.1, 0.15) is 43.0 Å². The molecule has 0 aromatic carbocycles. The minimum atomic E-state index is 0.0710. The van der Waals surface area contributed by atoms with Gasteiger partial charge in [0.1, 0.15) is 0 Å². The SMILES string of the molecule is CCN(C(=O)c1cn[nH]c1)C1CCC(N)CC1. The first-order valence-corrected chi connectivity index (χ1v) is 6.27. The van der Waals surface area contributed by atoms with Crippen molar-refractivity contribution in [3.8, 4) is 0 Å². The summed E-state index contributed by atoms with van der Waals surface area (Å²) in [4.78, 5) is 14.2. The Balaban J connectivity index is 2.03. The fraction of sp³-hybridized carbons (Fsp3) is 0.667. The Morgan fingerprint density at radius 2 is 2.24 bits per heavy atom. The number of H-pyrrole nitrogens is 1. The summed E-state index contributed by atoms with van der Waals surface area (Å²) >= 11 is 0. The number of amides is 1. The van der Waals surface area contributed by atoms with E-state index in [4.69, 9.17) is 5.73 Å². The maximum absolute atomic E-state index is 12.3. The van der Waals surface area contributed by atoms with Crippen molar-refractivity contribution in [1.82, 2.24) is 15.1 Å². The monoisotopic (exact) mass is 236 g/mol. The van der Waals surface area contributed by atoms with E-state index in [0.717, 1.165) is 32.2 Å². The van der Waals surface area contributed by atoms with Crippen molar-refractivity contribution in [2.75, 3.05) is 6.54 Å². The fourth-order valence-corrected chi connectivity index (χ4v) is 2.51. The summed E-state index contributed by atoms with van der Waals surface area (Å²) in [5, 5.41) is 6.51. The number of nitrogens with zero attached hydrogens (tertiary/aromatic N) is 2. The lowest BCUT2D eigenvalue weighted by molar-refractivity contribution is 0.0641. The molecular formula is C12H20N4O. The zero-order valence-corrected chi connectivity index (χ0v) is 10.2. The molecule has 1 aromatic rings. The van der Waals surface area contributed by atoms with Crippen LogP contribution in [0.4, 0.5) is 0 Å². The lowest BCUT2D eigenvalue weighted by Gasteiger charge is -2.35. The van der Waals surface area contributed by atoms with Gasteiger partial charge in [0.2, 0.25) is 0 Å². The largest absolute Gasteiger partial charge is 0.336 e. The Hall–Kier alpha value is -1.36. The van der Waals surface area contributed by atoms with E-state index in [1.54, 1.807) is 12.4 Å². The van der Waals surface area contributed by atoms with Gasteiger partial charge < -0.3 is 10.6 Å². The summed E-state index contributed by atoms with van der Waals surface area (Å²) in [6.45, 7) is 2.76. The highest BCUT2D eigenvalue weighted by molar-refractivity contribution is 5.93. The van der Waals surface area contributed by atoms with Gasteiger partial charge in [-0.05, 0) is 32.6 Å². The first-order chi connectivity index (χ1) is 8.22. The summed E-state index contributed by atoms with van der Waals surface area (Å²) in [5.74, 6) is 0.0710. The Morgan fingerprint density at radius 3 is 2.76 bits per heavy atom. The summed E-state index contributed by atoms with van der Waals surface area (Å²) in [6.07, 6.45) is 7.29. The second-order valence-electron chi connectivity index (χ2n) is 4.65. The van der Waals surface area contributed by atoms with Crippen molar-refractivity contribution in [2.45, 2.75) is 44.7 Å². The Morgan fingerprint density at radius 1 is 1.53 bits per heavy atom. The lowest BCUT2D eigenvalue weighted by atomic mass is 9.90. The summed E-state index contributed by atoms with van der Waals surface area (Å²) in [6, 6.07) is 0.649. The van der Waals surface area contributed by atoms with Crippen LogP contribution in [0.3, 0.4) is 0 Å². The van der Waals surface area contributed by atoms with Gasteiger partial charge in [-0.25, -0.2) is 0 Å². The minimum Gasteiger partial charge on any atom is -0.336 e. The number of aromatic nitrogens is 2. The predicted octanol–water partition coefficient (Wildman–Crippen LogP) is 1.14. The highest BCUT2D eigenvalue weighted by atomic mass is 16.2. The number of hydrogen-bond acceptors (Lipinski definition) is 3. The number of aromatic amines is 1. The van der Waals surface area contributed by atoms with Gasteiger partial charge in [0.05, 0.1) is 11.8 Å². The number of hydrogen-bond donors (Lipinski definition) is 2. The van der Waals surface area contributed by atoms with Crippen molar-refractivity contribution < 1.29 is 4.79 Å². The van der Waals surface area contributed by atoms with Crippen molar-refractivity contribution in [3.63, 3.8) is 0 Å². The molecule has 0 atom stereocenters. The molecule has 5 heteroatoms. The van der Waals surface area contributed by atoms with Crippen molar-refractivity contribution in [3.05, 3.63) is 18.0 Å². The molecule has 1 fully saturated rings. The molecule has 1 amide bonds. The molecule has 3 N–H and O–H groups in total. The molecule has 1 heterocycles. The minimum absolute atomic E-state index is 0.0710. The normalized spacial score (nSPS) is 24.6. The molecule has 0 aliphatic heterocycles. The van der Waals surface area contributed by atoms with Gasteiger partial charge in [0.25, 0.3) is 5.91 Å². The van der Waals surface area contributed by atoms with E-state index < -0.39 is 0 Å². The van der Waals surface area contributed by atoms with Crippen molar-refractivity contribution in [1.29, 1.82) is 0 Å². The molecule has 0 bridgehead atoms. The molecule has 1 aliphatic carbocycles. The highest BCUT2D eigenvalue weighted by Gasteiger charge is 2.27. The van der Waals surface area contributed by atoms with E-state index in [0.29, 0.717) is 17.6 Å². The van der Waals surface area contributed by atoms with Gasteiger partial charge in [0.15, 0.2) is 0 Å². The topological polar surface area (TPSA) is 75.0 Å². The molecule has 0 radical (unpaired) electrons. The van der Waals surface area contributed by atoms with E-state index >= 15 is 0 Å². The second kappa shape index (κ2) is 5.31. The third kappa shape index (κ3) is 2.66. The average Bonchev–Trinajstić information content (AvgIpc) is 2.86. The van der Waals surface area contributed by atoms with Crippen LogP contribution in [0, 0.1) is 0 Å². The average molecular weight is 236 g/mol. The number of nitrogens with one attached hydrogen (secondary N) is 1. The van der Waals surface area contributed by atoms with Crippen LogP contribution in [0.5, 0.6) is 0 Å².